The van der Waals surface area contributed by atoms with E-state index in [-0.39, 0.29) is 17.1 Å². The van der Waals surface area contributed by atoms with Crippen LogP contribution in [0, 0.1) is 0 Å². The number of rotatable bonds is 4. The molecule has 2 N–H and O–H groups in total. The summed E-state index contributed by atoms with van der Waals surface area (Å²) in [6, 6.07) is 18.1. The van der Waals surface area contributed by atoms with Crippen molar-refractivity contribution in [2.75, 3.05) is 13.2 Å². The maximum absolute atomic E-state index is 5.24. The van der Waals surface area contributed by atoms with Crippen LogP contribution in [0.25, 0.3) is 0 Å². The van der Waals surface area contributed by atoms with Gasteiger partial charge in [-0.1, -0.05) is 0 Å². The number of ether oxygens (including phenoxy) is 1. The average Bonchev–Trinajstić information content (AvgIpc) is 2.94. The molecule has 0 spiro atoms. The molecular weight excluding hydrogens is 242 g/mol. The molecule has 94 valence electrons. The third-order valence-corrected chi connectivity index (χ3v) is 1.82. The van der Waals surface area contributed by atoms with Gasteiger partial charge in [-0.15, -0.1) is 5.56 Å². The van der Waals surface area contributed by atoms with Crippen LogP contribution in [0.1, 0.15) is 5.56 Å². The van der Waals surface area contributed by atoms with E-state index in [1.165, 1.54) is 5.56 Å². The van der Waals surface area contributed by atoms with Crippen LogP contribution < -0.4 is 5.73 Å². The maximum atomic E-state index is 5.24. The first-order chi connectivity index (χ1) is 7.43. The van der Waals surface area contributed by atoms with Crippen molar-refractivity contribution in [1.82, 2.24) is 0 Å². The molecule has 0 radical (unpaired) electrons. The molecule has 0 aliphatic heterocycles. The smallest absolute Gasteiger partial charge is 0.0579 e. The first-order valence-corrected chi connectivity index (χ1v) is 5.08. The Morgan fingerprint density at radius 1 is 1.00 bits per heavy atom. The van der Waals surface area contributed by atoms with Gasteiger partial charge in [0.1, 0.15) is 0 Å². The Labute approximate surface area is 108 Å². The van der Waals surface area contributed by atoms with Gasteiger partial charge in [0.2, 0.25) is 0 Å². The summed E-state index contributed by atoms with van der Waals surface area (Å²) in [5, 5.41) is 0. The third kappa shape index (κ3) is 7.43. The molecule has 0 fully saturated rings. The van der Waals surface area contributed by atoms with E-state index in [9.17, 15) is 0 Å². The molecule has 0 saturated carbocycles. The fourth-order valence-corrected chi connectivity index (χ4v) is 1.10. The first kappa shape index (κ1) is 15.1. The Hall–Kier alpha value is -0.861. The van der Waals surface area contributed by atoms with E-state index >= 15 is 0 Å². The standard InChI is InChI=1S/C8H12NO.C5H5.Fe/c9-5-6-10-7-8-3-1-2-4-8;1-2-4-5-3-1;/h1-4H,5-7,9H2;1-5H;/q-1;-5;. The van der Waals surface area contributed by atoms with Crippen LogP contribution in [-0.4, -0.2) is 13.2 Å². The number of hydrogen-bond donors (Lipinski definition) is 1. The molecule has 0 aliphatic rings. The van der Waals surface area contributed by atoms with Crippen molar-refractivity contribution in [2.45, 2.75) is 6.61 Å². The van der Waals surface area contributed by atoms with Gasteiger partial charge in [0.15, 0.2) is 0 Å². The van der Waals surface area contributed by atoms with Gasteiger partial charge < -0.3 is 40.8 Å². The van der Waals surface area contributed by atoms with Crippen LogP contribution in [0.15, 0.2) is 54.6 Å². The van der Waals surface area contributed by atoms with E-state index in [1.54, 1.807) is 0 Å². The van der Waals surface area contributed by atoms with Gasteiger partial charge in [0, 0.05) is 30.2 Å². The summed E-state index contributed by atoms with van der Waals surface area (Å²) in [6.45, 7) is 1.93. The summed E-state index contributed by atoms with van der Waals surface area (Å²) in [5.74, 6) is 0. The SMILES string of the molecule is NCCOC[c-]1cccc1.[Fe].[cH-]1[cH-][cH-][cH-][cH-]1. The maximum Gasteiger partial charge on any atom is 0.0579 e. The quantitative estimate of drug-likeness (QED) is 0.519. The Kier molecular flexibility index (Phi) is 10.1. The molecule has 16 heavy (non-hydrogen) atoms. The Balaban J connectivity index is 0.000000318. The van der Waals surface area contributed by atoms with E-state index in [0.29, 0.717) is 19.8 Å². The number of hydrogen-bond acceptors (Lipinski definition) is 2. The molecule has 3 heteroatoms. The van der Waals surface area contributed by atoms with Crippen molar-refractivity contribution in [2.24, 2.45) is 5.73 Å². The second-order valence-electron chi connectivity index (χ2n) is 3.10. The second kappa shape index (κ2) is 10.7. The fourth-order valence-electron chi connectivity index (χ4n) is 1.10. The predicted octanol–water partition coefficient (Wildman–Crippen LogP) is 2.28. The Morgan fingerprint density at radius 2 is 1.50 bits per heavy atom. The third-order valence-electron chi connectivity index (χ3n) is 1.82. The molecule has 2 aromatic carbocycles. The molecule has 0 aromatic heterocycles. The zero-order valence-electron chi connectivity index (χ0n) is 9.16. The predicted molar refractivity (Wildman–Crippen MR) is 62.8 cm³/mol. The summed E-state index contributed by atoms with van der Waals surface area (Å²) in [6.07, 6.45) is 0. The van der Waals surface area contributed by atoms with Crippen LogP contribution in [0.2, 0.25) is 0 Å². The van der Waals surface area contributed by atoms with E-state index in [4.69, 9.17) is 10.5 Å². The van der Waals surface area contributed by atoms with Crippen molar-refractivity contribution >= 4 is 0 Å². The van der Waals surface area contributed by atoms with Crippen molar-refractivity contribution in [3.05, 3.63) is 60.2 Å². The van der Waals surface area contributed by atoms with E-state index in [0.717, 1.165) is 0 Å². The van der Waals surface area contributed by atoms with Gasteiger partial charge in [0.05, 0.1) is 6.61 Å². The Bertz CT molecular complexity index is 285. The minimum atomic E-state index is 0. The van der Waals surface area contributed by atoms with E-state index < -0.39 is 0 Å². The molecule has 0 bridgehead atoms. The van der Waals surface area contributed by atoms with Crippen LogP contribution in [0.3, 0.4) is 0 Å². The minimum Gasteiger partial charge on any atom is -0.748 e. The van der Waals surface area contributed by atoms with Gasteiger partial charge in [-0.2, -0.15) is 12.1 Å². The second-order valence-corrected chi connectivity index (χ2v) is 3.10. The molecular formula is C13H17FeNO-6. The largest absolute Gasteiger partial charge is 0.748 e. The summed E-state index contributed by atoms with van der Waals surface area (Å²) >= 11 is 0. The van der Waals surface area contributed by atoms with Gasteiger partial charge >= 0.3 is 0 Å². The topological polar surface area (TPSA) is 35.2 Å². The van der Waals surface area contributed by atoms with Crippen molar-refractivity contribution in [3.8, 4) is 0 Å². The van der Waals surface area contributed by atoms with Crippen molar-refractivity contribution in [1.29, 1.82) is 0 Å². The minimum absolute atomic E-state index is 0. The normalized spacial score (nSPS) is 8.81. The Morgan fingerprint density at radius 3 is 1.94 bits per heavy atom. The zero-order chi connectivity index (χ0) is 10.8. The van der Waals surface area contributed by atoms with E-state index in [1.807, 2.05) is 54.6 Å². The van der Waals surface area contributed by atoms with Gasteiger partial charge in [-0.05, 0) is 0 Å². The van der Waals surface area contributed by atoms with Gasteiger partial charge in [-0.25, -0.2) is 12.1 Å². The molecule has 0 saturated heterocycles. The summed E-state index contributed by atoms with van der Waals surface area (Å²) in [5.41, 5.74) is 6.46. The van der Waals surface area contributed by atoms with Crippen LogP contribution in [0.5, 0.6) is 0 Å². The van der Waals surface area contributed by atoms with Crippen molar-refractivity contribution in [3.63, 3.8) is 0 Å². The molecule has 2 aromatic rings. The first-order valence-electron chi connectivity index (χ1n) is 5.08. The van der Waals surface area contributed by atoms with Crippen LogP contribution >= 0.6 is 0 Å². The molecule has 2 rings (SSSR count). The van der Waals surface area contributed by atoms with Gasteiger partial charge in [-0.3, -0.25) is 0 Å². The molecule has 2 nitrogen and oxygen atoms in total. The molecule has 0 heterocycles. The number of nitrogens with two attached hydrogens (primary N) is 1. The fraction of sp³-hybridized carbons (Fsp3) is 0.231. The summed E-state index contributed by atoms with van der Waals surface area (Å²) < 4.78 is 5.20. The van der Waals surface area contributed by atoms with Crippen LogP contribution in [-0.2, 0) is 28.4 Å². The molecule has 0 atom stereocenters. The zero-order valence-corrected chi connectivity index (χ0v) is 10.3. The van der Waals surface area contributed by atoms with Crippen LogP contribution in [0.4, 0.5) is 0 Å². The van der Waals surface area contributed by atoms with Gasteiger partial charge in [0.25, 0.3) is 0 Å². The van der Waals surface area contributed by atoms with Crippen molar-refractivity contribution < 1.29 is 21.8 Å². The summed E-state index contributed by atoms with van der Waals surface area (Å²) in [4.78, 5) is 0. The molecule has 0 aliphatic carbocycles. The monoisotopic (exact) mass is 259 g/mol. The molecule has 0 unspecified atom stereocenters. The average molecular weight is 259 g/mol. The summed E-state index contributed by atoms with van der Waals surface area (Å²) in [7, 11) is 0. The molecule has 0 amide bonds. The van der Waals surface area contributed by atoms with E-state index in [2.05, 4.69) is 0 Å².